The lowest BCUT2D eigenvalue weighted by Crippen LogP contribution is -2.16. The van der Waals surface area contributed by atoms with Crippen LogP contribution in [0.15, 0.2) is 29.8 Å². The summed E-state index contributed by atoms with van der Waals surface area (Å²) in [5.74, 6) is -0.238. The third-order valence-corrected chi connectivity index (χ3v) is 4.54. The molecule has 0 aliphatic carbocycles. The molecular weight excluding hydrogens is 320 g/mol. The number of nitrogens with one attached hydrogen (secondary N) is 1. The van der Waals surface area contributed by atoms with E-state index in [0.29, 0.717) is 10.8 Å². The van der Waals surface area contributed by atoms with Gasteiger partial charge in [-0.05, 0) is 62.6 Å². The number of aryl methyl sites for hydroxylation is 3. The second-order valence-electron chi connectivity index (χ2n) is 5.72. The van der Waals surface area contributed by atoms with Crippen LogP contribution in [0.5, 0.6) is 0 Å². The molecule has 0 aromatic carbocycles. The van der Waals surface area contributed by atoms with Crippen LogP contribution in [0.3, 0.4) is 0 Å². The van der Waals surface area contributed by atoms with Crippen LogP contribution in [0.25, 0.3) is 11.1 Å². The minimum Gasteiger partial charge on any atom is -0.296 e. The molecule has 0 saturated heterocycles. The molecule has 0 atom stereocenters. The molecule has 3 aromatic rings. The number of amides is 1. The van der Waals surface area contributed by atoms with E-state index in [1.807, 2.05) is 51.3 Å². The first-order valence-electron chi connectivity index (χ1n) is 7.59. The SMILES string of the molecule is Cc1cc(-c2cc(C)nc(C(=O)Nc3nc(C)cs3)c2C)ccn1. The Balaban J connectivity index is 2.01. The molecule has 0 unspecified atom stereocenters. The van der Waals surface area contributed by atoms with E-state index in [0.717, 1.165) is 33.8 Å². The number of thiazole rings is 1. The van der Waals surface area contributed by atoms with E-state index in [2.05, 4.69) is 20.3 Å². The highest BCUT2D eigenvalue weighted by atomic mass is 32.1. The maximum atomic E-state index is 12.6. The highest BCUT2D eigenvalue weighted by Gasteiger charge is 2.17. The molecular formula is C18H18N4OS. The fourth-order valence-electron chi connectivity index (χ4n) is 2.54. The number of aromatic nitrogens is 3. The molecule has 5 nitrogen and oxygen atoms in total. The Kier molecular flexibility index (Phi) is 4.40. The summed E-state index contributed by atoms with van der Waals surface area (Å²) < 4.78 is 0. The molecule has 0 bridgehead atoms. The van der Waals surface area contributed by atoms with Gasteiger partial charge in [-0.2, -0.15) is 0 Å². The van der Waals surface area contributed by atoms with Crippen LogP contribution >= 0.6 is 11.3 Å². The topological polar surface area (TPSA) is 67.8 Å². The van der Waals surface area contributed by atoms with Gasteiger partial charge in [-0.3, -0.25) is 15.1 Å². The monoisotopic (exact) mass is 338 g/mol. The van der Waals surface area contributed by atoms with Gasteiger partial charge >= 0.3 is 0 Å². The molecule has 6 heteroatoms. The summed E-state index contributed by atoms with van der Waals surface area (Å²) >= 11 is 1.41. The van der Waals surface area contributed by atoms with Gasteiger partial charge in [-0.25, -0.2) is 9.97 Å². The summed E-state index contributed by atoms with van der Waals surface area (Å²) in [6.07, 6.45) is 1.78. The average Bonchev–Trinajstić information content (AvgIpc) is 2.94. The average molecular weight is 338 g/mol. The third-order valence-electron chi connectivity index (χ3n) is 3.66. The van der Waals surface area contributed by atoms with Crippen LogP contribution < -0.4 is 5.32 Å². The van der Waals surface area contributed by atoms with E-state index in [1.165, 1.54) is 11.3 Å². The molecule has 0 saturated carbocycles. The highest BCUT2D eigenvalue weighted by Crippen LogP contribution is 2.27. The summed E-state index contributed by atoms with van der Waals surface area (Å²) in [4.78, 5) is 25.6. The predicted molar refractivity (Wildman–Crippen MR) is 96.5 cm³/mol. The Bertz CT molecular complexity index is 917. The van der Waals surface area contributed by atoms with Crippen LogP contribution in [0, 0.1) is 27.7 Å². The first kappa shape index (κ1) is 16.3. The lowest BCUT2D eigenvalue weighted by Gasteiger charge is -2.12. The maximum Gasteiger partial charge on any atom is 0.276 e. The Hall–Kier alpha value is -2.60. The molecule has 1 N–H and O–H groups in total. The minimum absolute atomic E-state index is 0.238. The fraction of sp³-hybridized carbons (Fsp3) is 0.222. The van der Waals surface area contributed by atoms with Gasteiger partial charge in [-0.15, -0.1) is 11.3 Å². The summed E-state index contributed by atoms with van der Waals surface area (Å²) in [6, 6.07) is 5.95. The van der Waals surface area contributed by atoms with Crippen molar-refractivity contribution in [3.05, 3.63) is 58.1 Å². The lowest BCUT2D eigenvalue weighted by molar-refractivity contribution is 0.102. The van der Waals surface area contributed by atoms with E-state index in [1.54, 1.807) is 6.20 Å². The zero-order valence-electron chi connectivity index (χ0n) is 14.0. The number of pyridine rings is 2. The van der Waals surface area contributed by atoms with Crippen molar-refractivity contribution in [3.63, 3.8) is 0 Å². The first-order chi connectivity index (χ1) is 11.4. The lowest BCUT2D eigenvalue weighted by atomic mass is 9.99. The molecule has 0 fully saturated rings. The molecule has 3 aromatic heterocycles. The zero-order valence-corrected chi connectivity index (χ0v) is 14.9. The molecule has 0 spiro atoms. The number of hydrogen-bond donors (Lipinski definition) is 1. The molecule has 1 amide bonds. The van der Waals surface area contributed by atoms with Crippen molar-refractivity contribution in [2.75, 3.05) is 5.32 Å². The van der Waals surface area contributed by atoms with E-state index < -0.39 is 0 Å². The molecule has 0 aliphatic rings. The first-order valence-corrected chi connectivity index (χ1v) is 8.47. The Morgan fingerprint density at radius 1 is 1.04 bits per heavy atom. The van der Waals surface area contributed by atoms with Crippen molar-refractivity contribution in [1.29, 1.82) is 0 Å². The van der Waals surface area contributed by atoms with Crippen molar-refractivity contribution in [3.8, 4) is 11.1 Å². The van der Waals surface area contributed by atoms with E-state index in [9.17, 15) is 4.79 Å². The summed E-state index contributed by atoms with van der Waals surface area (Å²) in [5, 5.41) is 5.32. The summed E-state index contributed by atoms with van der Waals surface area (Å²) in [6.45, 7) is 7.65. The molecule has 122 valence electrons. The van der Waals surface area contributed by atoms with E-state index in [4.69, 9.17) is 0 Å². The van der Waals surface area contributed by atoms with Crippen molar-refractivity contribution in [2.45, 2.75) is 27.7 Å². The second-order valence-corrected chi connectivity index (χ2v) is 6.58. The largest absolute Gasteiger partial charge is 0.296 e. The number of nitrogens with zero attached hydrogens (tertiary/aromatic N) is 3. The Labute approximate surface area is 144 Å². The van der Waals surface area contributed by atoms with E-state index >= 15 is 0 Å². The molecule has 0 radical (unpaired) electrons. The van der Waals surface area contributed by atoms with Crippen LogP contribution in [0.4, 0.5) is 5.13 Å². The maximum absolute atomic E-state index is 12.6. The predicted octanol–water partition coefficient (Wildman–Crippen LogP) is 4.09. The second kappa shape index (κ2) is 6.49. The zero-order chi connectivity index (χ0) is 17.3. The van der Waals surface area contributed by atoms with Crippen molar-refractivity contribution in [2.24, 2.45) is 0 Å². The normalized spacial score (nSPS) is 10.7. The summed E-state index contributed by atoms with van der Waals surface area (Å²) in [5.41, 5.74) is 5.91. The quantitative estimate of drug-likeness (QED) is 0.781. The minimum atomic E-state index is -0.238. The van der Waals surface area contributed by atoms with Crippen LogP contribution in [0.1, 0.15) is 33.1 Å². The van der Waals surface area contributed by atoms with Crippen molar-refractivity contribution >= 4 is 22.4 Å². The molecule has 3 rings (SSSR count). The van der Waals surface area contributed by atoms with Gasteiger partial charge < -0.3 is 0 Å². The van der Waals surface area contributed by atoms with Crippen LogP contribution in [-0.4, -0.2) is 20.9 Å². The number of rotatable bonds is 3. The Morgan fingerprint density at radius 2 is 1.83 bits per heavy atom. The van der Waals surface area contributed by atoms with Gasteiger partial charge in [0.2, 0.25) is 0 Å². The fourth-order valence-corrected chi connectivity index (χ4v) is 3.22. The standard InChI is InChI=1S/C18H18N4OS/c1-10-7-14(5-6-19-10)15-8-11(2)20-16(13(15)4)17(23)22-18-21-12(3)9-24-18/h5-9H,1-4H3,(H,21,22,23). The Morgan fingerprint density at radius 3 is 2.50 bits per heavy atom. The number of carbonyl (C=O) groups is 1. The van der Waals surface area contributed by atoms with Gasteiger partial charge in [0.25, 0.3) is 5.91 Å². The van der Waals surface area contributed by atoms with Crippen LogP contribution in [-0.2, 0) is 0 Å². The number of hydrogen-bond acceptors (Lipinski definition) is 5. The van der Waals surface area contributed by atoms with Crippen LogP contribution in [0.2, 0.25) is 0 Å². The molecule has 0 aliphatic heterocycles. The van der Waals surface area contributed by atoms with Gasteiger partial charge in [0, 0.05) is 23.0 Å². The number of anilines is 1. The van der Waals surface area contributed by atoms with Gasteiger partial charge in [0.15, 0.2) is 5.13 Å². The van der Waals surface area contributed by atoms with Crippen molar-refractivity contribution < 1.29 is 4.79 Å². The molecule has 3 heterocycles. The van der Waals surface area contributed by atoms with Gasteiger partial charge in [0.05, 0.1) is 5.69 Å². The summed E-state index contributed by atoms with van der Waals surface area (Å²) in [7, 11) is 0. The number of carbonyl (C=O) groups excluding carboxylic acids is 1. The van der Waals surface area contributed by atoms with E-state index in [-0.39, 0.29) is 5.91 Å². The van der Waals surface area contributed by atoms with Gasteiger partial charge in [0.1, 0.15) is 5.69 Å². The molecule has 24 heavy (non-hydrogen) atoms. The smallest absolute Gasteiger partial charge is 0.276 e. The third kappa shape index (κ3) is 3.33. The highest BCUT2D eigenvalue weighted by molar-refractivity contribution is 7.13. The van der Waals surface area contributed by atoms with Gasteiger partial charge in [-0.1, -0.05) is 0 Å². The van der Waals surface area contributed by atoms with Crippen molar-refractivity contribution in [1.82, 2.24) is 15.0 Å².